The summed E-state index contributed by atoms with van der Waals surface area (Å²) >= 11 is 0. The van der Waals surface area contributed by atoms with Crippen molar-refractivity contribution in [3.05, 3.63) is 29.8 Å². The Morgan fingerprint density at radius 2 is 2.00 bits per heavy atom. The van der Waals surface area contributed by atoms with E-state index in [9.17, 15) is 14.4 Å². The monoisotopic (exact) mass is 292 g/mol. The maximum absolute atomic E-state index is 11.6. The number of benzene rings is 1. The van der Waals surface area contributed by atoms with E-state index >= 15 is 0 Å². The van der Waals surface area contributed by atoms with Gasteiger partial charge in [-0.1, -0.05) is 19.1 Å². The minimum absolute atomic E-state index is 0.00836. The standard InChI is InChI=1S/C15H20N2O4/c1-4-10(2)16-15(20)17-14(19)9-21-13-7-5-6-12(8-13)11(3)18/h5-8,10H,4,9H2,1-3H3,(H2,16,17,19,20)/t10-/m0/s1. The highest BCUT2D eigenvalue weighted by molar-refractivity contribution is 5.95. The maximum atomic E-state index is 11.6. The molecule has 114 valence electrons. The van der Waals surface area contributed by atoms with E-state index in [1.807, 2.05) is 13.8 Å². The second-order valence-electron chi connectivity index (χ2n) is 4.70. The van der Waals surface area contributed by atoms with E-state index in [0.29, 0.717) is 11.3 Å². The fraction of sp³-hybridized carbons (Fsp3) is 0.400. The lowest BCUT2D eigenvalue weighted by atomic mass is 10.1. The summed E-state index contributed by atoms with van der Waals surface area (Å²) in [6.45, 7) is 4.92. The highest BCUT2D eigenvalue weighted by atomic mass is 16.5. The van der Waals surface area contributed by atoms with Crippen LogP contribution in [0.1, 0.15) is 37.6 Å². The molecule has 0 saturated heterocycles. The third-order valence-corrected chi connectivity index (χ3v) is 2.85. The molecule has 0 spiro atoms. The Labute approximate surface area is 123 Å². The zero-order chi connectivity index (χ0) is 15.8. The first-order valence-electron chi connectivity index (χ1n) is 6.76. The van der Waals surface area contributed by atoms with Crippen LogP contribution in [0.25, 0.3) is 0 Å². The molecule has 0 aliphatic carbocycles. The molecule has 6 nitrogen and oxygen atoms in total. The average Bonchev–Trinajstić information content (AvgIpc) is 2.45. The van der Waals surface area contributed by atoms with E-state index in [4.69, 9.17) is 4.74 Å². The molecule has 0 bridgehead atoms. The van der Waals surface area contributed by atoms with Crippen LogP contribution in [0.2, 0.25) is 0 Å². The van der Waals surface area contributed by atoms with E-state index in [2.05, 4.69) is 10.6 Å². The quantitative estimate of drug-likeness (QED) is 0.784. The highest BCUT2D eigenvalue weighted by Gasteiger charge is 2.10. The van der Waals surface area contributed by atoms with Crippen LogP contribution in [0.5, 0.6) is 5.75 Å². The third-order valence-electron chi connectivity index (χ3n) is 2.85. The average molecular weight is 292 g/mol. The van der Waals surface area contributed by atoms with E-state index in [1.54, 1.807) is 24.3 Å². The molecule has 0 radical (unpaired) electrons. The summed E-state index contributed by atoms with van der Waals surface area (Å²) < 4.78 is 5.25. The first-order chi connectivity index (χ1) is 9.92. The number of rotatable bonds is 6. The van der Waals surface area contributed by atoms with E-state index < -0.39 is 11.9 Å². The molecular formula is C15H20N2O4. The second-order valence-corrected chi connectivity index (χ2v) is 4.70. The van der Waals surface area contributed by atoms with Crippen molar-refractivity contribution < 1.29 is 19.1 Å². The molecule has 6 heteroatoms. The van der Waals surface area contributed by atoms with E-state index in [-0.39, 0.29) is 18.4 Å². The van der Waals surface area contributed by atoms with Crippen molar-refractivity contribution in [1.29, 1.82) is 0 Å². The number of carbonyl (C=O) groups excluding carboxylic acids is 3. The molecule has 0 saturated carbocycles. The smallest absolute Gasteiger partial charge is 0.321 e. The zero-order valence-corrected chi connectivity index (χ0v) is 12.4. The van der Waals surface area contributed by atoms with Crippen LogP contribution in [0.15, 0.2) is 24.3 Å². The molecule has 0 aliphatic rings. The van der Waals surface area contributed by atoms with E-state index in [0.717, 1.165) is 6.42 Å². The van der Waals surface area contributed by atoms with Crippen LogP contribution < -0.4 is 15.4 Å². The van der Waals surface area contributed by atoms with Crippen LogP contribution >= 0.6 is 0 Å². The van der Waals surface area contributed by atoms with Crippen molar-refractivity contribution in [2.24, 2.45) is 0 Å². The summed E-state index contributed by atoms with van der Waals surface area (Å²) in [4.78, 5) is 34.2. The lowest BCUT2D eigenvalue weighted by Gasteiger charge is -2.12. The van der Waals surface area contributed by atoms with Crippen LogP contribution in [0, 0.1) is 0 Å². The largest absolute Gasteiger partial charge is 0.484 e. The second kappa shape index (κ2) is 8.04. The topological polar surface area (TPSA) is 84.5 Å². The van der Waals surface area contributed by atoms with Crippen LogP contribution in [0.4, 0.5) is 4.79 Å². The normalized spacial score (nSPS) is 11.4. The molecule has 1 atom stereocenters. The van der Waals surface area contributed by atoms with Gasteiger partial charge in [-0.2, -0.15) is 0 Å². The number of Topliss-reactive ketones (excluding diaryl/α,β-unsaturated/α-hetero) is 1. The maximum Gasteiger partial charge on any atom is 0.321 e. The summed E-state index contributed by atoms with van der Waals surface area (Å²) in [5.74, 6) is -0.234. The first kappa shape index (κ1) is 16.7. The predicted octanol–water partition coefficient (Wildman–Crippen LogP) is 1.89. The molecule has 3 amide bonds. The van der Waals surface area contributed by atoms with Gasteiger partial charge in [0.2, 0.25) is 0 Å². The van der Waals surface area contributed by atoms with Gasteiger partial charge >= 0.3 is 6.03 Å². The van der Waals surface area contributed by atoms with Gasteiger partial charge in [-0.15, -0.1) is 0 Å². The fourth-order valence-corrected chi connectivity index (χ4v) is 1.48. The first-order valence-corrected chi connectivity index (χ1v) is 6.76. The Kier molecular flexibility index (Phi) is 6.39. The number of nitrogens with one attached hydrogen (secondary N) is 2. The van der Waals surface area contributed by atoms with Crippen LogP contribution in [-0.4, -0.2) is 30.4 Å². The Balaban J connectivity index is 2.44. The minimum Gasteiger partial charge on any atom is -0.484 e. The zero-order valence-electron chi connectivity index (χ0n) is 12.4. The number of ketones is 1. The van der Waals surface area contributed by atoms with Crippen molar-refractivity contribution in [2.45, 2.75) is 33.2 Å². The molecule has 0 aromatic heterocycles. The van der Waals surface area contributed by atoms with Gasteiger partial charge in [-0.3, -0.25) is 14.9 Å². The predicted molar refractivity (Wildman–Crippen MR) is 78.4 cm³/mol. The molecule has 21 heavy (non-hydrogen) atoms. The van der Waals surface area contributed by atoms with Gasteiger partial charge in [0.15, 0.2) is 12.4 Å². The number of hydrogen-bond acceptors (Lipinski definition) is 4. The molecular weight excluding hydrogens is 272 g/mol. The molecule has 0 unspecified atom stereocenters. The Morgan fingerprint density at radius 1 is 1.29 bits per heavy atom. The molecule has 0 heterocycles. The lowest BCUT2D eigenvalue weighted by Crippen LogP contribution is -2.44. The summed E-state index contributed by atoms with van der Waals surface area (Å²) in [5, 5.41) is 4.78. The number of hydrogen-bond donors (Lipinski definition) is 2. The van der Waals surface area contributed by atoms with Crippen LogP contribution in [-0.2, 0) is 4.79 Å². The molecule has 0 fully saturated rings. The summed E-state index contributed by atoms with van der Waals surface area (Å²) in [7, 11) is 0. The van der Waals surface area contributed by atoms with Gasteiger partial charge in [0.25, 0.3) is 5.91 Å². The Hall–Kier alpha value is -2.37. The van der Waals surface area contributed by atoms with Crippen molar-refractivity contribution >= 4 is 17.7 Å². The van der Waals surface area contributed by atoms with E-state index in [1.165, 1.54) is 6.92 Å². The SMILES string of the molecule is CC[C@H](C)NC(=O)NC(=O)COc1cccc(C(C)=O)c1. The van der Waals surface area contributed by atoms with Crippen molar-refractivity contribution in [3.63, 3.8) is 0 Å². The summed E-state index contributed by atoms with van der Waals surface area (Å²) in [6.07, 6.45) is 0.774. The fourth-order valence-electron chi connectivity index (χ4n) is 1.48. The molecule has 1 aromatic rings. The van der Waals surface area contributed by atoms with Crippen molar-refractivity contribution in [3.8, 4) is 5.75 Å². The van der Waals surface area contributed by atoms with Crippen molar-refractivity contribution in [2.75, 3.05) is 6.61 Å². The number of urea groups is 1. The van der Waals surface area contributed by atoms with Crippen LogP contribution in [0.3, 0.4) is 0 Å². The van der Waals surface area contributed by atoms with Crippen molar-refractivity contribution in [1.82, 2.24) is 10.6 Å². The lowest BCUT2D eigenvalue weighted by molar-refractivity contribution is -0.122. The number of imide groups is 1. The Morgan fingerprint density at radius 3 is 2.62 bits per heavy atom. The van der Waals surface area contributed by atoms with Gasteiger partial charge in [0.05, 0.1) is 0 Å². The summed E-state index contributed by atoms with van der Waals surface area (Å²) in [6, 6.07) is 5.96. The number of carbonyl (C=O) groups is 3. The summed E-state index contributed by atoms with van der Waals surface area (Å²) in [5.41, 5.74) is 0.502. The van der Waals surface area contributed by atoms with Gasteiger partial charge in [0, 0.05) is 11.6 Å². The van der Waals surface area contributed by atoms with Gasteiger partial charge < -0.3 is 10.1 Å². The minimum atomic E-state index is -0.552. The number of amides is 3. The van der Waals surface area contributed by atoms with Gasteiger partial charge in [0.1, 0.15) is 5.75 Å². The number of ether oxygens (including phenoxy) is 1. The third kappa shape index (κ3) is 6.07. The molecule has 1 rings (SSSR count). The van der Waals surface area contributed by atoms with Gasteiger partial charge in [-0.05, 0) is 32.4 Å². The molecule has 2 N–H and O–H groups in total. The molecule has 1 aromatic carbocycles. The highest BCUT2D eigenvalue weighted by Crippen LogP contribution is 2.13. The van der Waals surface area contributed by atoms with Gasteiger partial charge in [-0.25, -0.2) is 4.79 Å². The Bertz CT molecular complexity index is 528. The molecule has 0 aliphatic heterocycles.